The quantitative estimate of drug-likeness (QED) is 0.847. The first-order valence-electron chi connectivity index (χ1n) is 6.30. The van der Waals surface area contributed by atoms with Crippen LogP contribution in [0.2, 0.25) is 0 Å². The minimum Gasteiger partial charge on any atom is -0.489 e. The first-order valence-corrected chi connectivity index (χ1v) is 7.38. The summed E-state index contributed by atoms with van der Waals surface area (Å²) in [5.41, 5.74) is 6.36. The molecule has 1 aromatic rings. The van der Waals surface area contributed by atoms with Gasteiger partial charge in [-0.1, -0.05) is 26.0 Å². The lowest BCUT2D eigenvalue weighted by Gasteiger charge is -2.53. The predicted molar refractivity (Wildman–Crippen MR) is 79.2 cm³/mol. The molecule has 0 bridgehead atoms. The van der Waals surface area contributed by atoms with Gasteiger partial charge >= 0.3 is 0 Å². The maximum atomic E-state index is 6.18. The summed E-state index contributed by atoms with van der Waals surface area (Å²) in [5.74, 6) is 0.997. The lowest BCUT2D eigenvalue weighted by atomic mass is 9.59. The molecule has 1 saturated carbocycles. The second-order valence-corrected chi connectivity index (χ2v) is 5.98. The molecule has 2 N–H and O–H groups in total. The Hall–Kier alpha value is -0.290. The van der Waals surface area contributed by atoms with Crippen LogP contribution in [0.15, 0.2) is 24.3 Å². The summed E-state index contributed by atoms with van der Waals surface area (Å²) in [7, 11) is 0. The van der Waals surface area contributed by atoms with Gasteiger partial charge in [0.1, 0.15) is 11.9 Å². The van der Waals surface area contributed by atoms with Crippen LogP contribution in [0, 0.1) is 8.99 Å². The Labute approximate surface area is 117 Å². The number of hydrogen-bond donors (Lipinski definition) is 1. The maximum Gasteiger partial charge on any atom is 0.133 e. The summed E-state index contributed by atoms with van der Waals surface area (Å²) in [6.45, 7) is 4.43. The minimum absolute atomic E-state index is 0.179. The molecule has 2 nitrogen and oxygen atoms in total. The van der Waals surface area contributed by atoms with Crippen molar-refractivity contribution in [1.82, 2.24) is 0 Å². The van der Waals surface area contributed by atoms with Gasteiger partial charge in [0.15, 0.2) is 0 Å². The zero-order valence-electron chi connectivity index (χ0n) is 10.4. The summed E-state index contributed by atoms with van der Waals surface area (Å²) in [6.07, 6.45) is 3.45. The Bertz CT molecular complexity index is 390. The van der Waals surface area contributed by atoms with Crippen molar-refractivity contribution in [3.05, 3.63) is 27.8 Å². The van der Waals surface area contributed by atoms with Crippen molar-refractivity contribution >= 4 is 22.6 Å². The number of benzene rings is 1. The van der Waals surface area contributed by atoms with E-state index in [4.69, 9.17) is 10.5 Å². The minimum atomic E-state index is 0.179. The average molecular weight is 345 g/mol. The summed E-state index contributed by atoms with van der Waals surface area (Å²) in [6, 6.07) is 8.48. The fourth-order valence-corrected chi connectivity index (χ4v) is 3.38. The van der Waals surface area contributed by atoms with Gasteiger partial charge in [0.25, 0.3) is 0 Å². The average Bonchev–Trinajstić information content (AvgIpc) is 2.33. The molecule has 0 spiro atoms. The highest BCUT2D eigenvalue weighted by molar-refractivity contribution is 14.1. The molecule has 0 aromatic heterocycles. The van der Waals surface area contributed by atoms with E-state index in [9.17, 15) is 0 Å². The standard InChI is InChI=1S/C14H20INO/c1-3-14(4-2)12(16)9-13(14)17-11-8-6-5-7-10(11)15/h5-8,12-13H,3-4,9,16H2,1-2H3. The van der Waals surface area contributed by atoms with Crippen molar-refractivity contribution < 1.29 is 4.74 Å². The van der Waals surface area contributed by atoms with E-state index in [1.807, 2.05) is 18.2 Å². The Kier molecular flexibility index (Phi) is 3.98. The van der Waals surface area contributed by atoms with Gasteiger partial charge in [-0.3, -0.25) is 0 Å². The van der Waals surface area contributed by atoms with Crippen molar-refractivity contribution in [3.8, 4) is 5.75 Å². The predicted octanol–water partition coefficient (Wildman–Crippen LogP) is 3.58. The van der Waals surface area contributed by atoms with E-state index in [1.54, 1.807) is 0 Å². The second kappa shape index (κ2) is 5.14. The van der Waals surface area contributed by atoms with Crippen LogP contribution in [0.3, 0.4) is 0 Å². The zero-order chi connectivity index (χ0) is 12.5. The summed E-state index contributed by atoms with van der Waals surface area (Å²) in [5, 5.41) is 0. The Morgan fingerprint density at radius 3 is 2.53 bits per heavy atom. The molecular formula is C14H20INO. The number of para-hydroxylation sites is 1. The van der Waals surface area contributed by atoms with Gasteiger partial charge in [-0.05, 0) is 47.6 Å². The third kappa shape index (κ3) is 2.19. The summed E-state index contributed by atoms with van der Waals surface area (Å²) in [4.78, 5) is 0. The molecule has 0 aliphatic heterocycles. The van der Waals surface area contributed by atoms with Crippen LogP contribution in [0.1, 0.15) is 33.1 Å². The summed E-state index contributed by atoms with van der Waals surface area (Å²) < 4.78 is 7.33. The van der Waals surface area contributed by atoms with Crippen molar-refractivity contribution in [2.24, 2.45) is 11.1 Å². The van der Waals surface area contributed by atoms with E-state index in [0.29, 0.717) is 6.04 Å². The molecule has 1 fully saturated rings. The molecule has 2 unspecified atom stereocenters. The monoisotopic (exact) mass is 345 g/mol. The number of halogens is 1. The Balaban J connectivity index is 2.13. The molecule has 0 saturated heterocycles. The highest BCUT2D eigenvalue weighted by Gasteiger charge is 2.52. The third-order valence-corrected chi connectivity index (χ3v) is 5.16. The SMILES string of the molecule is CCC1(CC)C(N)CC1Oc1ccccc1I. The van der Waals surface area contributed by atoms with Crippen LogP contribution < -0.4 is 10.5 Å². The van der Waals surface area contributed by atoms with Gasteiger partial charge in [-0.25, -0.2) is 0 Å². The molecule has 17 heavy (non-hydrogen) atoms. The number of nitrogens with two attached hydrogens (primary N) is 1. The van der Waals surface area contributed by atoms with Crippen molar-refractivity contribution in [2.45, 2.75) is 45.3 Å². The first-order chi connectivity index (χ1) is 8.14. The summed E-state index contributed by atoms with van der Waals surface area (Å²) >= 11 is 2.32. The third-order valence-electron chi connectivity index (χ3n) is 4.27. The molecule has 1 aliphatic carbocycles. The van der Waals surface area contributed by atoms with Crippen LogP contribution >= 0.6 is 22.6 Å². The van der Waals surface area contributed by atoms with Crippen molar-refractivity contribution in [2.75, 3.05) is 0 Å². The second-order valence-electron chi connectivity index (χ2n) is 4.82. The topological polar surface area (TPSA) is 35.2 Å². The zero-order valence-corrected chi connectivity index (χ0v) is 12.6. The van der Waals surface area contributed by atoms with Crippen LogP contribution in [0.4, 0.5) is 0 Å². The van der Waals surface area contributed by atoms with E-state index in [0.717, 1.165) is 25.0 Å². The van der Waals surface area contributed by atoms with Crippen LogP contribution in [0.25, 0.3) is 0 Å². The van der Waals surface area contributed by atoms with E-state index in [2.05, 4.69) is 42.5 Å². The molecule has 1 aliphatic rings. The first kappa shape index (κ1) is 13.1. The van der Waals surface area contributed by atoms with Crippen molar-refractivity contribution in [1.29, 1.82) is 0 Å². The van der Waals surface area contributed by atoms with E-state index < -0.39 is 0 Å². The molecule has 2 atom stereocenters. The Morgan fingerprint density at radius 2 is 2.00 bits per heavy atom. The molecule has 0 radical (unpaired) electrons. The highest BCUT2D eigenvalue weighted by atomic mass is 127. The Morgan fingerprint density at radius 1 is 1.35 bits per heavy atom. The number of ether oxygens (including phenoxy) is 1. The molecule has 1 aromatic carbocycles. The largest absolute Gasteiger partial charge is 0.489 e. The molecular weight excluding hydrogens is 325 g/mol. The number of hydrogen-bond acceptors (Lipinski definition) is 2. The highest BCUT2D eigenvalue weighted by Crippen LogP contribution is 2.48. The van der Waals surface area contributed by atoms with Crippen LogP contribution in [0.5, 0.6) is 5.75 Å². The van der Waals surface area contributed by atoms with Gasteiger partial charge < -0.3 is 10.5 Å². The van der Waals surface area contributed by atoms with Gasteiger partial charge in [-0.15, -0.1) is 0 Å². The lowest BCUT2D eigenvalue weighted by molar-refractivity contribution is -0.0726. The van der Waals surface area contributed by atoms with Gasteiger partial charge in [0.2, 0.25) is 0 Å². The van der Waals surface area contributed by atoms with E-state index >= 15 is 0 Å². The lowest BCUT2D eigenvalue weighted by Crippen LogP contribution is -2.63. The van der Waals surface area contributed by atoms with E-state index in [-0.39, 0.29) is 11.5 Å². The van der Waals surface area contributed by atoms with Crippen molar-refractivity contribution in [3.63, 3.8) is 0 Å². The normalized spacial score (nSPS) is 26.4. The van der Waals surface area contributed by atoms with Gasteiger partial charge in [0.05, 0.1) is 3.57 Å². The number of rotatable bonds is 4. The fraction of sp³-hybridized carbons (Fsp3) is 0.571. The fourth-order valence-electron chi connectivity index (χ4n) is 2.87. The molecule has 2 rings (SSSR count). The van der Waals surface area contributed by atoms with Crippen LogP contribution in [-0.4, -0.2) is 12.1 Å². The van der Waals surface area contributed by atoms with Crippen LogP contribution in [-0.2, 0) is 0 Å². The molecule has 0 heterocycles. The smallest absolute Gasteiger partial charge is 0.133 e. The van der Waals surface area contributed by atoms with Gasteiger partial charge in [-0.2, -0.15) is 0 Å². The maximum absolute atomic E-state index is 6.18. The molecule has 3 heteroatoms. The molecule has 0 amide bonds. The van der Waals surface area contributed by atoms with Gasteiger partial charge in [0, 0.05) is 17.9 Å². The molecule has 94 valence electrons. The van der Waals surface area contributed by atoms with E-state index in [1.165, 1.54) is 3.57 Å².